The molecule has 0 aliphatic heterocycles. The summed E-state index contributed by atoms with van der Waals surface area (Å²) in [4.78, 5) is 21.9. The van der Waals surface area contributed by atoms with Crippen molar-refractivity contribution in [3.05, 3.63) is 68.2 Å². The molecule has 0 spiro atoms. The van der Waals surface area contributed by atoms with Gasteiger partial charge in [-0.15, -0.1) is 0 Å². The highest BCUT2D eigenvalue weighted by Gasteiger charge is 2.10. The van der Waals surface area contributed by atoms with Gasteiger partial charge in [-0.2, -0.15) is 0 Å². The first-order chi connectivity index (χ1) is 9.97. The van der Waals surface area contributed by atoms with Gasteiger partial charge in [0.05, 0.1) is 15.0 Å². The largest absolute Gasteiger partial charge is 0.485 e. The van der Waals surface area contributed by atoms with Gasteiger partial charge in [-0.25, -0.2) is 0 Å². The summed E-state index contributed by atoms with van der Waals surface area (Å²) in [7, 11) is 0. The molecule has 0 radical (unpaired) electrons. The number of Topliss-reactive ketones (excluding diaryl/α,β-unsaturated/α-hetero) is 1. The number of non-ortho nitro benzene ring substituents is 1. The Balaban J connectivity index is 2.00. The van der Waals surface area contributed by atoms with E-state index in [0.717, 1.165) is 0 Å². The number of carbonyl (C=O) groups excluding carboxylic acids is 1. The molecular formula is C14H9Cl2NO4. The van der Waals surface area contributed by atoms with Crippen LogP contribution in [-0.4, -0.2) is 17.3 Å². The maximum Gasteiger partial charge on any atom is 0.269 e. The van der Waals surface area contributed by atoms with Crippen LogP contribution in [0.3, 0.4) is 0 Å². The minimum absolute atomic E-state index is 0.0434. The van der Waals surface area contributed by atoms with E-state index in [0.29, 0.717) is 16.3 Å². The Bertz CT molecular complexity index is 686. The molecule has 2 rings (SSSR count). The van der Waals surface area contributed by atoms with E-state index >= 15 is 0 Å². The molecule has 0 bridgehead atoms. The molecule has 0 heterocycles. The van der Waals surface area contributed by atoms with Gasteiger partial charge in [0.25, 0.3) is 5.69 Å². The average molecular weight is 326 g/mol. The van der Waals surface area contributed by atoms with E-state index < -0.39 is 4.92 Å². The lowest BCUT2D eigenvalue weighted by atomic mass is 10.1. The zero-order valence-corrected chi connectivity index (χ0v) is 12.1. The van der Waals surface area contributed by atoms with Crippen LogP contribution in [0, 0.1) is 10.1 Å². The monoisotopic (exact) mass is 325 g/mol. The standard InChI is InChI=1S/C14H9Cl2NO4/c15-12-6-1-9(7-13(12)16)14(18)8-21-11-4-2-10(3-5-11)17(19)20/h1-7H,8H2. The second-order valence-electron chi connectivity index (χ2n) is 4.09. The summed E-state index contributed by atoms with van der Waals surface area (Å²) in [6.45, 7) is -0.199. The summed E-state index contributed by atoms with van der Waals surface area (Å²) in [6.07, 6.45) is 0. The van der Waals surface area contributed by atoms with Crippen molar-refractivity contribution >= 4 is 34.7 Å². The third-order valence-corrected chi connectivity index (χ3v) is 3.40. The first-order valence-electron chi connectivity index (χ1n) is 5.83. The zero-order valence-electron chi connectivity index (χ0n) is 10.6. The molecule has 0 aliphatic rings. The molecule has 21 heavy (non-hydrogen) atoms. The summed E-state index contributed by atoms with van der Waals surface area (Å²) in [5, 5.41) is 11.2. The number of ether oxygens (including phenoxy) is 1. The summed E-state index contributed by atoms with van der Waals surface area (Å²) in [6, 6.07) is 10.0. The van der Waals surface area contributed by atoms with Crippen molar-refractivity contribution in [3.63, 3.8) is 0 Å². The molecule has 0 atom stereocenters. The van der Waals surface area contributed by atoms with Gasteiger partial charge in [-0.3, -0.25) is 14.9 Å². The van der Waals surface area contributed by atoms with Crippen molar-refractivity contribution in [2.24, 2.45) is 0 Å². The quantitative estimate of drug-likeness (QED) is 0.470. The van der Waals surface area contributed by atoms with Crippen LogP contribution in [0.4, 0.5) is 5.69 Å². The number of nitrogens with zero attached hydrogens (tertiary/aromatic N) is 1. The van der Waals surface area contributed by atoms with E-state index in [1.165, 1.54) is 36.4 Å². The van der Waals surface area contributed by atoms with Crippen molar-refractivity contribution in [2.45, 2.75) is 0 Å². The Labute approximate surface area is 130 Å². The van der Waals surface area contributed by atoms with Crippen molar-refractivity contribution < 1.29 is 14.5 Å². The fourth-order valence-corrected chi connectivity index (χ4v) is 1.86. The first-order valence-corrected chi connectivity index (χ1v) is 6.58. The van der Waals surface area contributed by atoms with Crippen molar-refractivity contribution in [3.8, 4) is 5.75 Å². The molecule has 2 aromatic rings. The highest BCUT2D eigenvalue weighted by atomic mass is 35.5. The molecule has 108 valence electrons. The van der Waals surface area contributed by atoms with Crippen LogP contribution in [0.25, 0.3) is 0 Å². The van der Waals surface area contributed by atoms with Crippen molar-refractivity contribution in [1.29, 1.82) is 0 Å². The number of rotatable bonds is 5. The fourth-order valence-electron chi connectivity index (χ4n) is 1.57. The van der Waals surface area contributed by atoms with E-state index in [2.05, 4.69) is 0 Å². The molecule has 0 saturated heterocycles. The Kier molecular flexibility index (Phi) is 4.77. The van der Waals surface area contributed by atoms with Crippen LogP contribution < -0.4 is 4.74 Å². The number of hydrogen-bond acceptors (Lipinski definition) is 4. The van der Waals surface area contributed by atoms with Crippen LogP contribution in [-0.2, 0) is 0 Å². The predicted molar refractivity (Wildman–Crippen MR) is 79.4 cm³/mol. The smallest absolute Gasteiger partial charge is 0.269 e. The summed E-state index contributed by atoms with van der Waals surface area (Å²) >= 11 is 11.6. The van der Waals surface area contributed by atoms with E-state index in [1.54, 1.807) is 6.07 Å². The van der Waals surface area contributed by atoms with Crippen LogP contribution in [0.15, 0.2) is 42.5 Å². The highest BCUT2D eigenvalue weighted by Crippen LogP contribution is 2.23. The van der Waals surface area contributed by atoms with E-state index in [1.807, 2.05) is 0 Å². The summed E-state index contributed by atoms with van der Waals surface area (Å²) in [5.74, 6) is 0.0981. The number of ketones is 1. The number of carbonyl (C=O) groups is 1. The molecule has 0 unspecified atom stereocenters. The summed E-state index contributed by atoms with van der Waals surface area (Å²) in [5.41, 5.74) is 0.337. The Morgan fingerprint density at radius 1 is 1.10 bits per heavy atom. The van der Waals surface area contributed by atoms with E-state index in [9.17, 15) is 14.9 Å². The van der Waals surface area contributed by atoms with Gasteiger partial charge >= 0.3 is 0 Å². The van der Waals surface area contributed by atoms with Gasteiger partial charge in [-0.05, 0) is 30.3 Å². The molecule has 7 heteroatoms. The lowest BCUT2D eigenvalue weighted by molar-refractivity contribution is -0.384. The Hall–Kier alpha value is -2.11. The molecule has 0 fully saturated rings. The van der Waals surface area contributed by atoms with E-state index in [4.69, 9.17) is 27.9 Å². The van der Waals surface area contributed by atoms with Gasteiger partial charge in [0, 0.05) is 17.7 Å². The maximum atomic E-state index is 11.9. The third-order valence-electron chi connectivity index (χ3n) is 2.66. The lowest BCUT2D eigenvalue weighted by Crippen LogP contribution is -2.11. The van der Waals surface area contributed by atoms with Crippen LogP contribution in [0.2, 0.25) is 10.0 Å². The number of halogens is 2. The van der Waals surface area contributed by atoms with Crippen LogP contribution in [0.5, 0.6) is 5.75 Å². The topological polar surface area (TPSA) is 69.4 Å². The zero-order chi connectivity index (χ0) is 15.4. The fraction of sp³-hybridized carbons (Fsp3) is 0.0714. The van der Waals surface area contributed by atoms with Gasteiger partial charge in [0.15, 0.2) is 12.4 Å². The molecule has 0 amide bonds. The third kappa shape index (κ3) is 3.93. The van der Waals surface area contributed by atoms with Gasteiger partial charge < -0.3 is 4.74 Å². The molecular weight excluding hydrogens is 317 g/mol. The molecule has 0 N–H and O–H groups in total. The highest BCUT2D eigenvalue weighted by molar-refractivity contribution is 6.42. The predicted octanol–water partition coefficient (Wildman–Crippen LogP) is 4.16. The molecule has 0 saturated carbocycles. The normalized spacial score (nSPS) is 10.2. The minimum Gasteiger partial charge on any atom is -0.485 e. The number of hydrogen-bond donors (Lipinski definition) is 0. The summed E-state index contributed by atoms with van der Waals surface area (Å²) < 4.78 is 5.28. The molecule has 5 nitrogen and oxygen atoms in total. The second-order valence-corrected chi connectivity index (χ2v) is 4.91. The average Bonchev–Trinajstić information content (AvgIpc) is 2.48. The van der Waals surface area contributed by atoms with Crippen molar-refractivity contribution in [1.82, 2.24) is 0 Å². The van der Waals surface area contributed by atoms with Crippen LogP contribution >= 0.6 is 23.2 Å². The van der Waals surface area contributed by atoms with Crippen molar-refractivity contribution in [2.75, 3.05) is 6.61 Å². The number of nitro groups is 1. The van der Waals surface area contributed by atoms with Crippen LogP contribution in [0.1, 0.15) is 10.4 Å². The SMILES string of the molecule is O=C(COc1ccc([N+](=O)[O-])cc1)c1ccc(Cl)c(Cl)c1. The molecule has 0 aromatic heterocycles. The molecule has 0 aliphatic carbocycles. The van der Waals surface area contributed by atoms with Gasteiger partial charge in [0.1, 0.15) is 5.75 Å². The minimum atomic E-state index is -0.509. The Morgan fingerprint density at radius 3 is 2.33 bits per heavy atom. The number of benzene rings is 2. The second kappa shape index (κ2) is 6.56. The van der Waals surface area contributed by atoms with Gasteiger partial charge in [0.2, 0.25) is 0 Å². The molecule has 2 aromatic carbocycles. The Morgan fingerprint density at radius 2 is 1.76 bits per heavy atom. The van der Waals surface area contributed by atoms with Gasteiger partial charge in [-0.1, -0.05) is 23.2 Å². The lowest BCUT2D eigenvalue weighted by Gasteiger charge is -2.06. The maximum absolute atomic E-state index is 11.9. The van der Waals surface area contributed by atoms with E-state index in [-0.39, 0.29) is 23.1 Å². The first kappa shape index (κ1) is 15.3. The number of nitro benzene ring substituents is 1.